The summed E-state index contributed by atoms with van der Waals surface area (Å²) in [6, 6.07) is 0. The van der Waals surface area contributed by atoms with E-state index in [1.807, 2.05) is 0 Å². The van der Waals surface area contributed by atoms with Crippen LogP contribution in [-0.2, 0) is 0 Å². The van der Waals surface area contributed by atoms with E-state index in [0.29, 0.717) is 0 Å². The Bertz CT molecular complexity index is 19.5. The number of hydrogen-bond donors (Lipinski definition) is 0. The van der Waals surface area contributed by atoms with Crippen molar-refractivity contribution < 1.29 is 0 Å². The van der Waals surface area contributed by atoms with Gasteiger partial charge in [0.15, 0.2) is 0 Å². The molecule has 0 nitrogen and oxygen atoms in total. The minimum absolute atomic E-state index is 0.475. The molecule has 0 unspecified atom stereocenters. The molecule has 0 rings (SSSR count). The summed E-state index contributed by atoms with van der Waals surface area (Å²) in [5.74, 6) is 0. The Morgan fingerprint density at radius 3 is 2.50 bits per heavy atom. The van der Waals surface area contributed by atoms with Crippen molar-refractivity contribution in [3.63, 3.8) is 0 Å². The fourth-order valence-electron chi connectivity index (χ4n) is 0.281. The standard InChI is InChI=1S/C4H9.ClH.Sn.H/c1-3-4-2;;;/h1,3-4H2,2H3;1H;;/q;;+1;/p-1. The molecule has 0 aliphatic rings. The zero-order chi connectivity index (χ0) is 4.83. The first-order valence-corrected chi connectivity index (χ1v) is 8.84. The summed E-state index contributed by atoms with van der Waals surface area (Å²) in [5, 5.41) is 0. The summed E-state index contributed by atoms with van der Waals surface area (Å²) in [7, 11) is 5.57. The molecule has 0 saturated carbocycles. The van der Waals surface area contributed by atoms with Crippen molar-refractivity contribution in [3.8, 4) is 0 Å². The van der Waals surface area contributed by atoms with Crippen molar-refractivity contribution in [2.45, 2.75) is 24.2 Å². The maximum atomic E-state index is 5.57. The Balaban J connectivity index is 2.34. The fourth-order valence-corrected chi connectivity index (χ4v) is 2.92. The Hall–Kier alpha value is 1.09. The summed E-state index contributed by atoms with van der Waals surface area (Å²) < 4.78 is 1.37. The number of halogens is 1. The van der Waals surface area contributed by atoms with Gasteiger partial charge in [-0.25, -0.2) is 0 Å². The zero-order valence-corrected chi connectivity index (χ0v) is 8.13. The first kappa shape index (κ1) is 7.09. The topological polar surface area (TPSA) is 0 Å². The van der Waals surface area contributed by atoms with E-state index in [-0.39, 0.29) is 0 Å². The van der Waals surface area contributed by atoms with Gasteiger partial charge in [-0.05, 0) is 0 Å². The molecule has 0 saturated heterocycles. The van der Waals surface area contributed by atoms with Crippen molar-refractivity contribution in [1.29, 1.82) is 0 Å². The van der Waals surface area contributed by atoms with Crippen LogP contribution in [0.3, 0.4) is 0 Å². The number of hydrogen-bond acceptors (Lipinski definition) is 0. The molecule has 0 aromatic heterocycles. The van der Waals surface area contributed by atoms with Crippen LogP contribution in [0.15, 0.2) is 0 Å². The van der Waals surface area contributed by atoms with Crippen LogP contribution in [0.5, 0.6) is 0 Å². The summed E-state index contributed by atoms with van der Waals surface area (Å²) in [6.07, 6.45) is 2.68. The van der Waals surface area contributed by atoms with Crippen LogP contribution in [0, 0.1) is 0 Å². The van der Waals surface area contributed by atoms with Crippen molar-refractivity contribution in [3.05, 3.63) is 0 Å². The second kappa shape index (κ2) is 6.09. The van der Waals surface area contributed by atoms with Gasteiger partial charge in [0, 0.05) is 0 Å². The Labute approximate surface area is 53.2 Å². The van der Waals surface area contributed by atoms with E-state index >= 15 is 0 Å². The van der Waals surface area contributed by atoms with Crippen LogP contribution in [-0.4, -0.2) is 20.0 Å². The molecule has 0 amide bonds. The summed E-state index contributed by atoms with van der Waals surface area (Å²) in [5.41, 5.74) is 0. The van der Waals surface area contributed by atoms with Gasteiger partial charge in [-0.2, -0.15) is 0 Å². The summed E-state index contributed by atoms with van der Waals surface area (Å²) >= 11 is -0.475. The van der Waals surface area contributed by atoms with Gasteiger partial charge in [0.25, 0.3) is 0 Å². The van der Waals surface area contributed by atoms with Gasteiger partial charge in [0.1, 0.15) is 0 Å². The van der Waals surface area contributed by atoms with Gasteiger partial charge >= 0.3 is 53.1 Å². The van der Waals surface area contributed by atoms with Gasteiger partial charge in [-0.1, -0.05) is 0 Å². The monoisotopic (exact) mass is 213 g/mol. The molecule has 1 radical (unpaired) electrons. The Morgan fingerprint density at radius 1 is 1.67 bits per heavy atom. The predicted molar refractivity (Wildman–Crippen MR) is 32.7 cm³/mol. The van der Waals surface area contributed by atoms with Crippen LogP contribution >= 0.6 is 8.92 Å². The molecular formula is C4H10ClSn. The summed E-state index contributed by atoms with van der Waals surface area (Å²) in [4.78, 5) is 0. The third-order valence-corrected chi connectivity index (χ3v) is 3.92. The van der Waals surface area contributed by atoms with E-state index in [9.17, 15) is 0 Å². The maximum absolute atomic E-state index is 5.57. The van der Waals surface area contributed by atoms with Gasteiger partial charge < -0.3 is 0 Å². The molecule has 0 aliphatic carbocycles. The van der Waals surface area contributed by atoms with Crippen LogP contribution < -0.4 is 0 Å². The second-order valence-corrected chi connectivity index (χ2v) is 5.90. The first-order valence-electron chi connectivity index (χ1n) is 2.33. The molecule has 37 valence electrons. The molecular weight excluding hydrogens is 202 g/mol. The first-order chi connectivity index (χ1) is 2.91. The van der Waals surface area contributed by atoms with Crippen LogP contribution in [0.1, 0.15) is 19.8 Å². The fraction of sp³-hybridized carbons (Fsp3) is 1.00. The van der Waals surface area contributed by atoms with E-state index < -0.39 is 20.0 Å². The van der Waals surface area contributed by atoms with Crippen LogP contribution in [0.2, 0.25) is 4.44 Å². The third-order valence-electron chi connectivity index (χ3n) is 0.667. The predicted octanol–water partition coefficient (Wildman–Crippen LogP) is 1.80. The molecule has 0 bridgehead atoms. The van der Waals surface area contributed by atoms with Crippen LogP contribution in [0.25, 0.3) is 0 Å². The quantitative estimate of drug-likeness (QED) is 0.494. The summed E-state index contributed by atoms with van der Waals surface area (Å²) in [6.45, 7) is 2.20. The van der Waals surface area contributed by atoms with E-state index in [0.717, 1.165) is 0 Å². The van der Waals surface area contributed by atoms with E-state index in [2.05, 4.69) is 6.92 Å². The molecule has 0 aromatic rings. The molecule has 2 heteroatoms. The van der Waals surface area contributed by atoms with E-state index in [4.69, 9.17) is 8.92 Å². The molecule has 0 heterocycles. The molecule has 0 N–H and O–H groups in total. The molecule has 0 atom stereocenters. The van der Waals surface area contributed by atoms with Crippen molar-refractivity contribution in [2.24, 2.45) is 0 Å². The van der Waals surface area contributed by atoms with E-state index in [1.165, 1.54) is 17.3 Å². The van der Waals surface area contributed by atoms with Gasteiger partial charge in [0.05, 0.1) is 0 Å². The van der Waals surface area contributed by atoms with Crippen molar-refractivity contribution in [1.82, 2.24) is 0 Å². The normalized spacial score (nSPS) is 9.00. The van der Waals surface area contributed by atoms with Gasteiger partial charge in [0.2, 0.25) is 0 Å². The SMILES string of the molecule is CCC[CH2][SnH][Cl]. The van der Waals surface area contributed by atoms with E-state index in [1.54, 1.807) is 0 Å². The van der Waals surface area contributed by atoms with Crippen molar-refractivity contribution in [2.75, 3.05) is 0 Å². The average molecular weight is 212 g/mol. The number of rotatable bonds is 3. The van der Waals surface area contributed by atoms with Gasteiger partial charge in [-0.15, -0.1) is 0 Å². The average Bonchev–Trinajstić information content (AvgIpc) is 1.61. The zero-order valence-electron chi connectivity index (χ0n) is 4.08. The third kappa shape index (κ3) is 5.09. The minimum atomic E-state index is -0.475. The molecule has 0 aromatic carbocycles. The second-order valence-electron chi connectivity index (χ2n) is 1.30. The Morgan fingerprint density at radius 2 is 2.33 bits per heavy atom. The van der Waals surface area contributed by atoms with Gasteiger partial charge in [-0.3, -0.25) is 0 Å². The molecule has 0 spiro atoms. The molecule has 0 aliphatic heterocycles. The Kier molecular flexibility index (Phi) is 7.19. The molecule has 0 fully saturated rings. The molecule has 6 heavy (non-hydrogen) atoms. The van der Waals surface area contributed by atoms with Crippen LogP contribution in [0.4, 0.5) is 0 Å². The van der Waals surface area contributed by atoms with Crippen molar-refractivity contribution >= 4 is 28.9 Å². The number of unbranched alkanes of at least 4 members (excludes halogenated alkanes) is 1.